The van der Waals surface area contributed by atoms with Crippen LogP contribution in [0.15, 0.2) is 36.5 Å². The Hall–Kier alpha value is -1.90. The highest BCUT2D eigenvalue weighted by Gasteiger charge is 2.12. The van der Waals surface area contributed by atoms with Gasteiger partial charge < -0.3 is 0 Å². The number of aromatic amines is 1. The molecular formula is C11H10N2O. The van der Waals surface area contributed by atoms with Crippen LogP contribution < -0.4 is 0 Å². The maximum absolute atomic E-state index is 11.9. The Morgan fingerprint density at radius 3 is 2.57 bits per heavy atom. The number of hydrogen-bond donors (Lipinski definition) is 1. The Bertz CT molecular complexity index is 445. The van der Waals surface area contributed by atoms with Crippen LogP contribution >= 0.6 is 0 Å². The number of ketones is 1. The van der Waals surface area contributed by atoms with Gasteiger partial charge in [0.25, 0.3) is 0 Å². The Morgan fingerprint density at radius 2 is 2.00 bits per heavy atom. The van der Waals surface area contributed by atoms with Crippen molar-refractivity contribution in [2.75, 3.05) is 0 Å². The lowest BCUT2D eigenvalue weighted by atomic mass is 10.0. The molecule has 0 radical (unpaired) electrons. The molecule has 1 heterocycles. The van der Waals surface area contributed by atoms with Crippen LogP contribution in [0.3, 0.4) is 0 Å². The summed E-state index contributed by atoms with van der Waals surface area (Å²) in [6.07, 6.45) is 1.56. The third kappa shape index (κ3) is 1.44. The van der Waals surface area contributed by atoms with E-state index in [1.807, 2.05) is 25.1 Å². The summed E-state index contributed by atoms with van der Waals surface area (Å²) in [5.74, 6) is 0.0110. The maximum Gasteiger partial charge on any atom is 0.196 e. The van der Waals surface area contributed by atoms with E-state index >= 15 is 0 Å². The Kier molecular flexibility index (Phi) is 2.14. The van der Waals surface area contributed by atoms with Gasteiger partial charge in [-0.15, -0.1) is 0 Å². The van der Waals surface area contributed by atoms with E-state index in [0.29, 0.717) is 11.1 Å². The second-order valence-electron chi connectivity index (χ2n) is 3.10. The van der Waals surface area contributed by atoms with E-state index in [0.717, 1.165) is 5.69 Å². The van der Waals surface area contributed by atoms with Gasteiger partial charge in [0.05, 0.1) is 11.8 Å². The van der Waals surface area contributed by atoms with Crippen molar-refractivity contribution in [2.45, 2.75) is 6.92 Å². The van der Waals surface area contributed by atoms with Crippen molar-refractivity contribution in [1.29, 1.82) is 0 Å². The number of nitrogens with one attached hydrogen (secondary N) is 1. The molecule has 0 aliphatic heterocycles. The van der Waals surface area contributed by atoms with Gasteiger partial charge in [0.1, 0.15) is 0 Å². The van der Waals surface area contributed by atoms with E-state index < -0.39 is 0 Å². The van der Waals surface area contributed by atoms with E-state index in [9.17, 15) is 4.79 Å². The minimum atomic E-state index is 0.0110. The zero-order valence-electron chi connectivity index (χ0n) is 7.82. The highest BCUT2D eigenvalue weighted by Crippen LogP contribution is 2.10. The van der Waals surface area contributed by atoms with Crippen LogP contribution in [-0.2, 0) is 0 Å². The molecule has 3 nitrogen and oxygen atoms in total. The molecule has 0 saturated heterocycles. The lowest BCUT2D eigenvalue weighted by molar-refractivity contribution is 0.103. The fourth-order valence-electron chi connectivity index (χ4n) is 1.32. The van der Waals surface area contributed by atoms with Crippen LogP contribution in [0.4, 0.5) is 0 Å². The molecule has 1 aromatic heterocycles. The molecular weight excluding hydrogens is 176 g/mol. The molecule has 0 atom stereocenters. The van der Waals surface area contributed by atoms with Crippen LogP contribution in [0.5, 0.6) is 0 Å². The highest BCUT2D eigenvalue weighted by atomic mass is 16.1. The predicted octanol–water partition coefficient (Wildman–Crippen LogP) is 1.95. The van der Waals surface area contributed by atoms with Gasteiger partial charge in [-0.1, -0.05) is 30.3 Å². The van der Waals surface area contributed by atoms with Gasteiger partial charge in [0, 0.05) is 11.3 Å². The Balaban J connectivity index is 2.39. The van der Waals surface area contributed by atoms with Gasteiger partial charge in [-0.2, -0.15) is 5.10 Å². The smallest absolute Gasteiger partial charge is 0.196 e. The van der Waals surface area contributed by atoms with Gasteiger partial charge >= 0.3 is 0 Å². The van der Waals surface area contributed by atoms with Crippen molar-refractivity contribution in [3.8, 4) is 0 Å². The monoisotopic (exact) mass is 186 g/mol. The van der Waals surface area contributed by atoms with Crippen LogP contribution in [0.25, 0.3) is 0 Å². The molecule has 0 spiro atoms. The Morgan fingerprint density at radius 1 is 1.29 bits per heavy atom. The molecule has 1 N–H and O–H groups in total. The van der Waals surface area contributed by atoms with Gasteiger partial charge in [-0.3, -0.25) is 9.89 Å². The zero-order chi connectivity index (χ0) is 9.97. The summed E-state index contributed by atoms with van der Waals surface area (Å²) in [5, 5.41) is 6.57. The van der Waals surface area contributed by atoms with Gasteiger partial charge in [-0.05, 0) is 6.92 Å². The number of rotatable bonds is 2. The molecule has 0 fully saturated rings. The van der Waals surface area contributed by atoms with Crippen molar-refractivity contribution in [1.82, 2.24) is 10.2 Å². The number of nitrogens with zero attached hydrogens (tertiary/aromatic N) is 1. The van der Waals surface area contributed by atoms with Crippen molar-refractivity contribution in [3.05, 3.63) is 53.3 Å². The summed E-state index contributed by atoms with van der Waals surface area (Å²) in [4.78, 5) is 11.9. The number of hydrogen-bond acceptors (Lipinski definition) is 2. The molecule has 3 heteroatoms. The molecule has 0 saturated carbocycles. The second-order valence-corrected chi connectivity index (χ2v) is 3.10. The van der Waals surface area contributed by atoms with Crippen LogP contribution in [0.2, 0.25) is 0 Å². The first-order chi connectivity index (χ1) is 6.79. The fourth-order valence-corrected chi connectivity index (χ4v) is 1.32. The zero-order valence-corrected chi connectivity index (χ0v) is 7.82. The molecule has 0 unspecified atom stereocenters. The fraction of sp³-hybridized carbons (Fsp3) is 0.0909. The molecule has 0 amide bonds. The van der Waals surface area contributed by atoms with E-state index in [2.05, 4.69) is 10.2 Å². The number of aryl methyl sites for hydroxylation is 1. The quantitative estimate of drug-likeness (QED) is 0.728. The van der Waals surface area contributed by atoms with Gasteiger partial charge in [0.15, 0.2) is 5.78 Å². The molecule has 0 aliphatic rings. The van der Waals surface area contributed by atoms with Crippen LogP contribution in [-0.4, -0.2) is 16.0 Å². The number of H-pyrrole nitrogens is 1. The van der Waals surface area contributed by atoms with Crippen LogP contribution in [0.1, 0.15) is 21.6 Å². The number of aromatic nitrogens is 2. The molecule has 2 aromatic rings. The summed E-state index contributed by atoms with van der Waals surface area (Å²) < 4.78 is 0. The number of carbonyl (C=O) groups excluding carboxylic acids is 1. The largest absolute Gasteiger partial charge is 0.288 e. The third-order valence-electron chi connectivity index (χ3n) is 2.11. The Labute approximate surface area is 81.8 Å². The average Bonchev–Trinajstić information content (AvgIpc) is 2.65. The summed E-state index contributed by atoms with van der Waals surface area (Å²) in [6.45, 7) is 1.84. The van der Waals surface area contributed by atoms with Gasteiger partial charge in [0.2, 0.25) is 0 Å². The normalized spacial score (nSPS) is 10.1. The minimum absolute atomic E-state index is 0.0110. The van der Waals surface area contributed by atoms with Crippen molar-refractivity contribution in [3.63, 3.8) is 0 Å². The lowest BCUT2D eigenvalue weighted by Gasteiger charge is -1.97. The third-order valence-corrected chi connectivity index (χ3v) is 2.11. The molecule has 2 rings (SSSR count). The summed E-state index contributed by atoms with van der Waals surface area (Å²) in [5.41, 5.74) is 2.13. The topological polar surface area (TPSA) is 45.8 Å². The van der Waals surface area contributed by atoms with Crippen molar-refractivity contribution < 1.29 is 4.79 Å². The van der Waals surface area contributed by atoms with E-state index in [-0.39, 0.29) is 5.78 Å². The molecule has 1 aromatic carbocycles. The van der Waals surface area contributed by atoms with Crippen LogP contribution in [0, 0.1) is 6.92 Å². The first-order valence-corrected chi connectivity index (χ1v) is 4.39. The first kappa shape index (κ1) is 8.69. The number of benzene rings is 1. The molecule has 14 heavy (non-hydrogen) atoms. The van der Waals surface area contributed by atoms with Crippen molar-refractivity contribution in [2.24, 2.45) is 0 Å². The molecule has 70 valence electrons. The summed E-state index contributed by atoms with van der Waals surface area (Å²) in [6, 6.07) is 9.19. The molecule has 0 bridgehead atoms. The minimum Gasteiger partial charge on any atom is -0.288 e. The SMILES string of the molecule is Cc1[nH]ncc1C(=O)c1ccccc1. The van der Waals surface area contributed by atoms with Gasteiger partial charge in [-0.25, -0.2) is 0 Å². The first-order valence-electron chi connectivity index (χ1n) is 4.39. The molecule has 0 aliphatic carbocycles. The second kappa shape index (κ2) is 3.46. The van der Waals surface area contributed by atoms with E-state index in [1.165, 1.54) is 0 Å². The van der Waals surface area contributed by atoms with Crippen molar-refractivity contribution >= 4 is 5.78 Å². The highest BCUT2D eigenvalue weighted by molar-refractivity contribution is 6.09. The number of carbonyl (C=O) groups is 1. The predicted molar refractivity (Wildman–Crippen MR) is 53.2 cm³/mol. The summed E-state index contributed by atoms with van der Waals surface area (Å²) >= 11 is 0. The van der Waals surface area contributed by atoms with E-state index in [4.69, 9.17) is 0 Å². The average molecular weight is 186 g/mol. The summed E-state index contributed by atoms with van der Waals surface area (Å²) in [7, 11) is 0. The lowest BCUT2D eigenvalue weighted by Crippen LogP contribution is -2.01. The standard InChI is InChI=1S/C11H10N2O/c1-8-10(7-12-13-8)11(14)9-5-3-2-4-6-9/h2-7H,1H3,(H,12,13). The maximum atomic E-state index is 11.9. The van der Waals surface area contributed by atoms with E-state index in [1.54, 1.807) is 18.3 Å².